The molecule has 15 heavy (non-hydrogen) atoms. The molecule has 1 heterocycles. The van der Waals surface area contributed by atoms with Gasteiger partial charge in [0.05, 0.1) is 5.56 Å². The summed E-state index contributed by atoms with van der Waals surface area (Å²) in [5, 5.41) is 3.26. The summed E-state index contributed by atoms with van der Waals surface area (Å²) >= 11 is 7.54. The van der Waals surface area contributed by atoms with E-state index >= 15 is 0 Å². The summed E-state index contributed by atoms with van der Waals surface area (Å²) in [7, 11) is 0. The largest absolute Gasteiger partial charge is 0.368 e. The van der Waals surface area contributed by atoms with E-state index in [0.717, 1.165) is 12.3 Å². The maximum atomic E-state index is 10.8. The molecule has 0 aromatic carbocycles. The van der Waals surface area contributed by atoms with Gasteiger partial charge in [-0.05, 0) is 13.2 Å². The van der Waals surface area contributed by atoms with E-state index in [1.165, 1.54) is 0 Å². The summed E-state index contributed by atoms with van der Waals surface area (Å²) in [6, 6.07) is 0. The molecule has 0 spiro atoms. The fourth-order valence-electron chi connectivity index (χ4n) is 1.06. The van der Waals surface area contributed by atoms with Crippen LogP contribution in [0.25, 0.3) is 0 Å². The van der Waals surface area contributed by atoms with E-state index in [1.807, 2.05) is 6.26 Å². The Morgan fingerprint density at radius 3 is 2.87 bits per heavy atom. The van der Waals surface area contributed by atoms with Gasteiger partial charge in [0, 0.05) is 12.3 Å². The van der Waals surface area contributed by atoms with Crippen molar-refractivity contribution in [1.29, 1.82) is 0 Å². The van der Waals surface area contributed by atoms with Crippen molar-refractivity contribution in [3.8, 4) is 0 Å². The van der Waals surface area contributed by atoms with Gasteiger partial charge in [0.1, 0.15) is 16.8 Å². The van der Waals surface area contributed by atoms with Gasteiger partial charge in [0.25, 0.3) is 0 Å². The maximum absolute atomic E-state index is 10.8. The van der Waals surface area contributed by atoms with Crippen LogP contribution in [-0.2, 0) is 0 Å². The number of nitrogens with one attached hydrogen (secondary N) is 1. The summed E-state index contributed by atoms with van der Waals surface area (Å²) in [4.78, 5) is 18.8. The van der Waals surface area contributed by atoms with Gasteiger partial charge in [-0.25, -0.2) is 9.97 Å². The number of hydrogen-bond acceptors (Lipinski definition) is 5. The highest BCUT2D eigenvalue weighted by atomic mass is 35.5. The van der Waals surface area contributed by atoms with Crippen LogP contribution in [0.4, 0.5) is 5.82 Å². The molecule has 0 unspecified atom stereocenters. The molecule has 0 amide bonds. The Bertz CT molecular complexity index is 359. The average molecular weight is 246 g/mol. The van der Waals surface area contributed by atoms with Crippen LogP contribution >= 0.6 is 23.4 Å². The number of halogens is 1. The third-order valence-corrected chi connectivity index (χ3v) is 2.63. The van der Waals surface area contributed by atoms with Crippen LogP contribution in [0.1, 0.15) is 16.2 Å². The predicted molar refractivity (Wildman–Crippen MR) is 64.0 cm³/mol. The lowest BCUT2D eigenvalue weighted by Crippen LogP contribution is -2.10. The summed E-state index contributed by atoms with van der Waals surface area (Å²) < 4.78 is 0. The monoisotopic (exact) mass is 245 g/mol. The van der Waals surface area contributed by atoms with Gasteiger partial charge >= 0.3 is 0 Å². The highest BCUT2D eigenvalue weighted by Crippen LogP contribution is 2.18. The van der Waals surface area contributed by atoms with Gasteiger partial charge in [0.2, 0.25) is 0 Å². The van der Waals surface area contributed by atoms with Crippen molar-refractivity contribution in [1.82, 2.24) is 9.97 Å². The molecule has 0 saturated carbocycles. The Hall–Kier alpha value is -0.810. The molecular formula is C9H12ClN3OS. The number of aldehydes is 1. The number of aryl methyl sites for hydroxylation is 1. The molecule has 0 saturated heterocycles. The fourth-order valence-corrected chi connectivity index (χ4v) is 1.62. The van der Waals surface area contributed by atoms with Crippen molar-refractivity contribution < 1.29 is 4.79 Å². The number of anilines is 1. The van der Waals surface area contributed by atoms with E-state index < -0.39 is 0 Å². The highest BCUT2D eigenvalue weighted by molar-refractivity contribution is 7.98. The van der Waals surface area contributed by atoms with E-state index in [-0.39, 0.29) is 5.15 Å². The van der Waals surface area contributed by atoms with Gasteiger partial charge in [-0.2, -0.15) is 11.8 Å². The SMILES string of the molecule is CSCCNc1nc(C)nc(Cl)c1C=O. The Balaban J connectivity index is 2.88. The third-order valence-electron chi connectivity index (χ3n) is 1.73. The lowest BCUT2D eigenvalue weighted by atomic mass is 10.3. The van der Waals surface area contributed by atoms with E-state index in [0.29, 0.717) is 23.5 Å². The number of nitrogens with zero attached hydrogens (tertiary/aromatic N) is 2. The van der Waals surface area contributed by atoms with Crippen molar-refractivity contribution in [2.45, 2.75) is 6.92 Å². The topological polar surface area (TPSA) is 54.9 Å². The van der Waals surface area contributed by atoms with E-state index in [9.17, 15) is 4.79 Å². The summed E-state index contributed by atoms with van der Waals surface area (Å²) in [6.45, 7) is 2.48. The molecule has 0 aliphatic rings. The second kappa shape index (κ2) is 5.92. The minimum Gasteiger partial charge on any atom is -0.368 e. The van der Waals surface area contributed by atoms with E-state index in [2.05, 4.69) is 15.3 Å². The lowest BCUT2D eigenvalue weighted by molar-refractivity contribution is 0.112. The van der Waals surface area contributed by atoms with Crippen molar-refractivity contribution in [2.24, 2.45) is 0 Å². The van der Waals surface area contributed by atoms with Gasteiger partial charge in [-0.15, -0.1) is 0 Å². The van der Waals surface area contributed by atoms with Crippen LogP contribution in [0, 0.1) is 6.92 Å². The molecule has 0 fully saturated rings. The molecule has 0 radical (unpaired) electrons. The standard InChI is InChI=1S/C9H12ClN3OS/c1-6-12-8(10)7(5-14)9(13-6)11-3-4-15-2/h5H,3-4H2,1-2H3,(H,11,12,13). The first-order valence-corrected chi connectivity index (χ1v) is 6.18. The molecule has 1 aromatic heterocycles. The lowest BCUT2D eigenvalue weighted by Gasteiger charge is -2.08. The van der Waals surface area contributed by atoms with Crippen molar-refractivity contribution in [3.63, 3.8) is 0 Å². The summed E-state index contributed by atoms with van der Waals surface area (Å²) in [6.07, 6.45) is 2.68. The molecule has 0 aliphatic heterocycles. The molecular weight excluding hydrogens is 234 g/mol. The van der Waals surface area contributed by atoms with Crippen LogP contribution in [-0.4, -0.2) is 34.8 Å². The molecule has 0 bridgehead atoms. The first-order chi connectivity index (χ1) is 7.19. The van der Waals surface area contributed by atoms with Gasteiger partial charge < -0.3 is 5.32 Å². The number of carbonyl (C=O) groups excluding carboxylic acids is 1. The molecule has 1 rings (SSSR count). The average Bonchev–Trinajstić information content (AvgIpc) is 2.17. The van der Waals surface area contributed by atoms with Crippen molar-refractivity contribution >= 4 is 35.5 Å². The number of rotatable bonds is 5. The first kappa shape index (κ1) is 12.3. The Labute approximate surface area is 97.8 Å². The Morgan fingerprint density at radius 2 is 2.27 bits per heavy atom. The zero-order valence-corrected chi connectivity index (χ0v) is 10.2. The molecule has 82 valence electrons. The summed E-state index contributed by atoms with van der Waals surface area (Å²) in [5.74, 6) is 2.01. The second-order valence-electron chi connectivity index (χ2n) is 2.86. The third kappa shape index (κ3) is 3.35. The van der Waals surface area contributed by atoms with Crippen LogP contribution in [0.2, 0.25) is 5.15 Å². The smallest absolute Gasteiger partial charge is 0.156 e. The van der Waals surface area contributed by atoms with Crippen LogP contribution in [0.3, 0.4) is 0 Å². The zero-order chi connectivity index (χ0) is 11.3. The number of thioether (sulfide) groups is 1. The normalized spacial score (nSPS) is 10.1. The molecule has 4 nitrogen and oxygen atoms in total. The van der Waals surface area contributed by atoms with Crippen molar-refractivity contribution in [3.05, 3.63) is 16.5 Å². The molecule has 1 aromatic rings. The molecule has 6 heteroatoms. The quantitative estimate of drug-likeness (QED) is 0.489. The van der Waals surface area contributed by atoms with E-state index in [4.69, 9.17) is 11.6 Å². The Kier molecular flexibility index (Phi) is 4.84. The molecule has 1 N–H and O–H groups in total. The minimum atomic E-state index is 0.198. The highest BCUT2D eigenvalue weighted by Gasteiger charge is 2.09. The predicted octanol–water partition coefficient (Wildman–Crippen LogP) is 2.03. The Morgan fingerprint density at radius 1 is 1.53 bits per heavy atom. The van der Waals surface area contributed by atoms with Gasteiger partial charge in [-0.3, -0.25) is 4.79 Å². The van der Waals surface area contributed by atoms with Crippen molar-refractivity contribution in [2.75, 3.05) is 23.9 Å². The van der Waals surface area contributed by atoms with Gasteiger partial charge in [-0.1, -0.05) is 11.6 Å². The number of carbonyl (C=O) groups is 1. The van der Waals surface area contributed by atoms with Crippen LogP contribution in [0.15, 0.2) is 0 Å². The molecule has 0 atom stereocenters. The first-order valence-electron chi connectivity index (χ1n) is 4.41. The summed E-state index contributed by atoms with van der Waals surface area (Å²) in [5.41, 5.74) is 0.323. The maximum Gasteiger partial charge on any atom is 0.156 e. The van der Waals surface area contributed by atoms with Crippen LogP contribution < -0.4 is 5.32 Å². The molecule has 0 aliphatic carbocycles. The van der Waals surface area contributed by atoms with Crippen LogP contribution in [0.5, 0.6) is 0 Å². The number of hydrogen-bond donors (Lipinski definition) is 1. The van der Waals surface area contributed by atoms with E-state index in [1.54, 1.807) is 18.7 Å². The van der Waals surface area contributed by atoms with Gasteiger partial charge in [0.15, 0.2) is 6.29 Å². The minimum absolute atomic E-state index is 0.198. The number of aromatic nitrogens is 2. The fraction of sp³-hybridized carbons (Fsp3) is 0.444. The zero-order valence-electron chi connectivity index (χ0n) is 8.58. The second-order valence-corrected chi connectivity index (χ2v) is 4.20.